The lowest BCUT2D eigenvalue weighted by molar-refractivity contribution is -0.392. The summed E-state index contributed by atoms with van der Waals surface area (Å²) in [5.74, 6) is -25.1. The van der Waals surface area contributed by atoms with Crippen molar-refractivity contribution in [2.75, 3.05) is 0 Å². The number of hydrogen-bond donors (Lipinski definition) is 0. The van der Waals surface area contributed by atoms with Crippen molar-refractivity contribution in [1.29, 1.82) is 0 Å². The van der Waals surface area contributed by atoms with Gasteiger partial charge >= 0.3 is 23.7 Å². The molecule has 0 nitrogen and oxygen atoms in total. The third-order valence-electron chi connectivity index (χ3n) is 4.17. The maximum atomic E-state index is 13.8. The van der Waals surface area contributed by atoms with Crippen LogP contribution in [-0.4, -0.2) is 23.7 Å². The second-order valence-corrected chi connectivity index (χ2v) is 5.89. The Hall–Kier alpha value is -0.560. The van der Waals surface area contributed by atoms with Crippen molar-refractivity contribution in [3.8, 4) is 0 Å². The van der Waals surface area contributed by atoms with E-state index in [1.807, 2.05) is 0 Å². The van der Waals surface area contributed by atoms with E-state index < -0.39 is 47.9 Å². The smallest absolute Gasteiger partial charge is 0.199 e. The van der Waals surface area contributed by atoms with Gasteiger partial charge in [0.1, 0.15) is 0 Å². The SMILES string of the molecule is CCC(C)C(F)(F)C(F)(F)C(F)(F)C(F)(F)C(C)(C)CC. The highest BCUT2D eigenvalue weighted by Crippen LogP contribution is 2.59. The highest BCUT2D eigenvalue weighted by atomic mass is 19.4. The molecule has 0 aromatic rings. The van der Waals surface area contributed by atoms with Gasteiger partial charge in [-0.25, -0.2) is 0 Å². The maximum Gasteiger partial charge on any atom is 0.378 e. The summed E-state index contributed by atoms with van der Waals surface area (Å²) in [6, 6.07) is 0. The Kier molecular flexibility index (Phi) is 5.42. The Bertz CT molecular complexity index is 359. The predicted octanol–water partition coefficient (Wildman–Crippen LogP) is 6.01. The van der Waals surface area contributed by atoms with Gasteiger partial charge in [0.05, 0.1) is 0 Å². The topological polar surface area (TPSA) is 0 Å². The molecular formula is C13H20F8. The first kappa shape index (κ1) is 20.4. The second-order valence-electron chi connectivity index (χ2n) is 5.89. The van der Waals surface area contributed by atoms with E-state index in [4.69, 9.17) is 0 Å². The van der Waals surface area contributed by atoms with E-state index in [9.17, 15) is 35.1 Å². The molecule has 0 heterocycles. The first-order chi connectivity index (χ1) is 9.04. The van der Waals surface area contributed by atoms with Gasteiger partial charge in [-0.15, -0.1) is 0 Å². The molecule has 0 saturated heterocycles. The van der Waals surface area contributed by atoms with Crippen LogP contribution in [0.3, 0.4) is 0 Å². The van der Waals surface area contributed by atoms with E-state index in [-0.39, 0.29) is 0 Å². The van der Waals surface area contributed by atoms with Crippen molar-refractivity contribution in [3.05, 3.63) is 0 Å². The molecule has 0 aromatic heterocycles. The van der Waals surface area contributed by atoms with Crippen LogP contribution in [0.4, 0.5) is 35.1 Å². The Morgan fingerprint density at radius 3 is 1.38 bits per heavy atom. The van der Waals surface area contributed by atoms with Crippen LogP contribution in [0, 0.1) is 11.3 Å². The fourth-order valence-electron chi connectivity index (χ4n) is 1.62. The third-order valence-corrected chi connectivity index (χ3v) is 4.17. The van der Waals surface area contributed by atoms with E-state index in [1.165, 1.54) is 0 Å². The lowest BCUT2D eigenvalue weighted by Crippen LogP contribution is -2.67. The molecule has 0 amide bonds. The lowest BCUT2D eigenvalue weighted by Gasteiger charge is -2.44. The molecule has 0 radical (unpaired) electrons. The van der Waals surface area contributed by atoms with Gasteiger partial charge in [0.25, 0.3) is 0 Å². The Labute approximate surface area is 118 Å². The Morgan fingerprint density at radius 1 is 0.714 bits per heavy atom. The molecule has 21 heavy (non-hydrogen) atoms. The summed E-state index contributed by atoms with van der Waals surface area (Å²) in [6.07, 6.45) is -1.14. The van der Waals surface area contributed by atoms with E-state index in [2.05, 4.69) is 0 Å². The molecular weight excluding hydrogens is 308 g/mol. The molecule has 0 aliphatic carbocycles. The predicted molar refractivity (Wildman–Crippen MR) is 63.3 cm³/mol. The van der Waals surface area contributed by atoms with E-state index in [0.29, 0.717) is 20.8 Å². The van der Waals surface area contributed by atoms with Crippen LogP contribution in [0.1, 0.15) is 47.5 Å². The van der Waals surface area contributed by atoms with Crippen LogP contribution < -0.4 is 0 Å². The molecule has 0 bridgehead atoms. The molecule has 0 fully saturated rings. The number of alkyl halides is 8. The van der Waals surface area contributed by atoms with Crippen LogP contribution >= 0.6 is 0 Å². The van der Waals surface area contributed by atoms with E-state index >= 15 is 0 Å². The molecule has 0 N–H and O–H groups in total. The minimum Gasteiger partial charge on any atom is -0.199 e. The molecule has 0 aliphatic heterocycles. The average molecular weight is 328 g/mol. The van der Waals surface area contributed by atoms with Gasteiger partial charge in [0.2, 0.25) is 0 Å². The zero-order valence-electron chi connectivity index (χ0n) is 12.5. The highest BCUT2D eigenvalue weighted by molar-refractivity contribution is 5.08. The molecule has 0 saturated carbocycles. The standard InChI is InChI=1S/C13H20F8/c1-6-8(3)10(14,15)12(18,19)13(20,21)11(16,17)9(4,5)7-2/h8H,6-7H2,1-5H3. The summed E-state index contributed by atoms with van der Waals surface area (Å²) >= 11 is 0. The minimum absolute atomic E-state index is 0.554. The fraction of sp³-hybridized carbons (Fsp3) is 1.00. The second kappa shape index (κ2) is 5.57. The quantitative estimate of drug-likeness (QED) is 0.502. The summed E-state index contributed by atoms with van der Waals surface area (Å²) in [5.41, 5.74) is -2.56. The van der Waals surface area contributed by atoms with Crippen LogP contribution in [-0.2, 0) is 0 Å². The largest absolute Gasteiger partial charge is 0.378 e. The molecule has 8 heteroatoms. The molecule has 1 unspecified atom stereocenters. The average Bonchev–Trinajstić information content (AvgIpc) is 2.36. The van der Waals surface area contributed by atoms with E-state index in [0.717, 1.165) is 13.8 Å². The van der Waals surface area contributed by atoms with Gasteiger partial charge in [-0.2, -0.15) is 35.1 Å². The molecule has 1 atom stereocenters. The zero-order chi connectivity index (χ0) is 17.5. The molecule has 128 valence electrons. The summed E-state index contributed by atoms with van der Waals surface area (Å²) in [5, 5.41) is 0. The fourth-order valence-corrected chi connectivity index (χ4v) is 1.62. The highest BCUT2D eigenvalue weighted by Gasteiger charge is 2.83. The van der Waals surface area contributed by atoms with Crippen LogP contribution in [0.25, 0.3) is 0 Å². The first-order valence-electron chi connectivity index (χ1n) is 6.55. The van der Waals surface area contributed by atoms with Crippen molar-refractivity contribution < 1.29 is 35.1 Å². The normalized spacial score (nSPS) is 17.0. The van der Waals surface area contributed by atoms with Crippen molar-refractivity contribution in [1.82, 2.24) is 0 Å². The molecule has 0 rings (SSSR count). The third kappa shape index (κ3) is 2.74. The maximum absolute atomic E-state index is 13.8. The Balaban J connectivity index is 6.00. The molecule has 0 aromatic carbocycles. The van der Waals surface area contributed by atoms with Gasteiger partial charge in [-0.3, -0.25) is 0 Å². The van der Waals surface area contributed by atoms with Crippen LogP contribution in [0.5, 0.6) is 0 Å². The molecule has 0 spiro atoms. The zero-order valence-corrected chi connectivity index (χ0v) is 12.5. The van der Waals surface area contributed by atoms with Crippen LogP contribution in [0.15, 0.2) is 0 Å². The first-order valence-corrected chi connectivity index (χ1v) is 6.55. The van der Waals surface area contributed by atoms with Gasteiger partial charge in [-0.1, -0.05) is 34.6 Å². The summed E-state index contributed by atoms with van der Waals surface area (Å²) in [6.45, 7) is 4.07. The number of hydrogen-bond acceptors (Lipinski definition) is 0. The van der Waals surface area contributed by atoms with Gasteiger partial charge in [0, 0.05) is 11.3 Å². The van der Waals surface area contributed by atoms with Gasteiger partial charge < -0.3 is 0 Å². The van der Waals surface area contributed by atoms with Crippen molar-refractivity contribution in [3.63, 3.8) is 0 Å². The summed E-state index contributed by atoms with van der Waals surface area (Å²) < 4.78 is 109. The number of halogens is 8. The van der Waals surface area contributed by atoms with Crippen molar-refractivity contribution in [2.24, 2.45) is 11.3 Å². The van der Waals surface area contributed by atoms with Crippen molar-refractivity contribution in [2.45, 2.75) is 71.2 Å². The number of rotatable bonds is 7. The summed E-state index contributed by atoms with van der Waals surface area (Å²) in [7, 11) is 0. The molecule has 0 aliphatic rings. The van der Waals surface area contributed by atoms with Crippen LogP contribution in [0.2, 0.25) is 0 Å². The summed E-state index contributed by atoms with van der Waals surface area (Å²) in [4.78, 5) is 0. The monoisotopic (exact) mass is 328 g/mol. The van der Waals surface area contributed by atoms with E-state index in [1.54, 1.807) is 0 Å². The van der Waals surface area contributed by atoms with Crippen molar-refractivity contribution >= 4 is 0 Å². The van der Waals surface area contributed by atoms with Gasteiger partial charge in [-0.05, 0) is 12.8 Å². The van der Waals surface area contributed by atoms with Gasteiger partial charge in [0.15, 0.2) is 0 Å². The minimum atomic E-state index is -6.17. The lowest BCUT2D eigenvalue weighted by atomic mass is 9.76. The Morgan fingerprint density at radius 2 is 1.10 bits per heavy atom.